The molecule has 1 N–H and O–H groups in total. The number of likely N-dealkylation sites (tertiary alicyclic amines) is 1. The van der Waals surface area contributed by atoms with Gasteiger partial charge in [-0.1, -0.05) is 19.8 Å². The van der Waals surface area contributed by atoms with Gasteiger partial charge < -0.3 is 10.2 Å². The van der Waals surface area contributed by atoms with Crippen LogP contribution in [0.5, 0.6) is 0 Å². The van der Waals surface area contributed by atoms with Gasteiger partial charge in [-0.05, 0) is 31.6 Å². The summed E-state index contributed by atoms with van der Waals surface area (Å²) in [6.45, 7) is 5.27. The normalized spacial score (nSPS) is 32.4. The first-order chi connectivity index (χ1) is 9.49. The second-order valence-corrected chi connectivity index (χ2v) is 7.27. The topological polar surface area (TPSA) is 49.4 Å². The molecule has 0 bridgehead atoms. The maximum absolute atomic E-state index is 12.6. The van der Waals surface area contributed by atoms with Crippen LogP contribution in [-0.2, 0) is 9.59 Å². The molecule has 1 aliphatic heterocycles. The van der Waals surface area contributed by atoms with Crippen LogP contribution in [-0.4, -0.2) is 35.8 Å². The third-order valence-electron chi connectivity index (χ3n) is 5.61. The van der Waals surface area contributed by atoms with Gasteiger partial charge in [0.1, 0.15) is 0 Å². The number of amides is 2. The molecule has 0 radical (unpaired) electrons. The molecule has 1 heterocycles. The number of hydrogen-bond acceptors (Lipinski definition) is 2. The van der Waals surface area contributed by atoms with E-state index in [1.807, 2.05) is 4.90 Å². The molecule has 0 aromatic rings. The Hall–Kier alpha value is -1.06. The van der Waals surface area contributed by atoms with Crippen LogP contribution in [0.1, 0.15) is 52.4 Å². The van der Waals surface area contributed by atoms with Gasteiger partial charge in [-0.15, -0.1) is 0 Å². The van der Waals surface area contributed by atoms with Crippen LogP contribution in [0.2, 0.25) is 0 Å². The van der Waals surface area contributed by atoms with Gasteiger partial charge in [-0.3, -0.25) is 9.59 Å². The first kappa shape index (κ1) is 13.9. The number of carbonyl (C=O) groups is 2. The van der Waals surface area contributed by atoms with Crippen LogP contribution in [0.4, 0.5) is 0 Å². The summed E-state index contributed by atoms with van der Waals surface area (Å²) in [5.41, 5.74) is -0.169. The molecular weight excluding hydrogens is 252 g/mol. The van der Waals surface area contributed by atoms with Gasteiger partial charge in [-0.25, -0.2) is 0 Å². The molecule has 3 fully saturated rings. The van der Waals surface area contributed by atoms with Crippen LogP contribution in [0.3, 0.4) is 0 Å². The van der Waals surface area contributed by atoms with Crippen molar-refractivity contribution in [3.05, 3.63) is 0 Å². The van der Waals surface area contributed by atoms with Crippen molar-refractivity contribution >= 4 is 11.8 Å². The van der Waals surface area contributed by atoms with Crippen molar-refractivity contribution in [1.29, 1.82) is 0 Å². The Morgan fingerprint density at radius 3 is 2.35 bits per heavy atom. The van der Waals surface area contributed by atoms with Gasteiger partial charge in [0.2, 0.25) is 11.8 Å². The highest BCUT2D eigenvalue weighted by Crippen LogP contribution is 2.42. The van der Waals surface area contributed by atoms with Gasteiger partial charge in [-0.2, -0.15) is 0 Å². The first-order valence-corrected chi connectivity index (χ1v) is 8.06. The zero-order valence-corrected chi connectivity index (χ0v) is 12.7. The lowest BCUT2D eigenvalue weighted by Crippen LogP contribution is -2.47. The maximum Gasteiger partial charge on any atom is 0.226 e. The van der Waals surface area contributed by atoms with Crippen molar-refractivity contribution < 1.29 is 9.59 Å². The largest absolute Gasteiger partial charge is 0.351 e. The smallest absolute Gasteiger partial charge is 0.226 e. The van der Waals surface area contributed by atoms with E-state index < -0.39 is 0 Å². The highest BCUT2D eigenvalue weighted by molar-refractivity contribution is 5.83. The van der Waals surface area contributed by atoms with E-state index >= 15 is 0 Å². The fourth-order valence-corrected chi connectivity index (χ4v) is 3.97. The molecule has 2 saturated carbocycles. The van der Waals surface area contributed by atoms with Crippen molar-refractivity contribution in [2.75, 3.05) is 13.1 Å². The van der Waals surface area contributed by atoms with Gasteiger partial charge in [0, 0.05) is 31.3 Å². The van der Waals surface area contributed by atoms with Gasteiger partial charge >= 0.3 is 0 Å². The summed E-state index contributed by atoms with van der Waals surface area (Å²) in [5.74, 6) is 1.56. The molecule has 0 spiro atoms. The van der Waals surface area contributed by atoms with Gasteiger partial charge in [0.05, 0.1) is 6.04 Å². The van der Waals surface area contributed by atoms with Crippen LogP contribution in [0.25, 0.3) is 0 Å². The lowest BCUT2D eigenvalue weighted by molar-refractivity contribution is -0.131. The Morgan fingerprint density at radius 1 is 1.15 bits per heavy atom. The highest BCUT2D eigenvalue weighted by Gasteiger charge is 2.45. The number of hydrogen-bond donors (Lipinski definition) is 1. The summed E-state index contributed by atoms with van der Waals surface area (Å²) in [6, 6.07) is 0.177. The minimum atomic E-state index is -0.169. The molecule has 2 atom stereocenters. The minimum absolute atomic E-state index is 0.138. The van der Waals surface area contributed by atoms with E-state index in [1.165, 1.54) is 25.7 Å². The summed E-state index contributed by atoms with van der Waals surface area (Å²) in [4.78, 5) is 26.1. The summed E-state index contributed by atoms with van der Waals surface area (Å²) in [6.07, 6.45) is 6.88. The second kappa shape index (κ2) is 5.05. The van der Waals surface area contributed by atoms with E-state index in [-0.39, 0.29) is 23.3 Å². The van der Waals surface area contributed by atoms with Gasteiger partial charge in [0.25, 0.3) is 0 Å². The summed E-state index contributed by atoms with van der Waals surface area (Å²) in [7, 11) is 0. The first-order valence-electron chi connectivity index (χ1n) is 8.06. The molecule has 3 aliphatic rings. The molecule has 2 amide bonds. The molecule has 20 heavy (non-hydrogen) atoms. The van der Waals surface area contributed by atoms with E-state index in [0.717, 1.165) is 25.3 Å². The van der Waals surface area contributed by atoms with Crippen LogP contribution in [0.15, 0.2) is 0 Å². The maximum atomic E-state index is 12.6. The standard InChI is InChI=1S/C16H26N2O2/c1-11(19)18-9-13(12-5-6-12)14(10-18)17-15(20)16(2)7-3-4-8-16/h12-14H,3-10H2,1-2H3,(H,17,20). The molecule has 2 aliphatic carbocycles. The molecular formula is C16H26N2O2. The van der Waals surface area contributed by atoms with E-state index in [4.69, 9.17) is 0 Å². The lowest BCUT2D eigenvalue weighted by Gasteiger charge is -2.27. The average Bonchev–Trinajstić information content (AvgIpc) is 3.00. The molecule has 1 saturated heterocycles. The van der Waals surface area contributed by atoms with E-state index in [2.05, 4.69) is 12.2 Å². The fourth-order valence-electron chi connectivity index (χ4n) is 3.97. The molecule has 4 nitrogen and oxygen atoms in total. The molecule has 112 valence electrons. The second-order valence-electron chi connectivity index (χ2n) is 7.27. The summed E-state index contributed by atoms with van der Waals surface area (Å²) < 4.78 is 0. The summed E-state index contributed by atoms with van der Waals surface area (Å²) >= 11 is 0. The van der Waals surface area contributed by atoms with E-state index in [0.29, 0.717) is 12.5 Å². The number of nitrogens with one attached hydrogen (secondary N) is 1. The Kier molecular flexibility index (Phi) is 3.51. The molecule has 4 heteroatoms. The van der Waals surface area contributed by atoms with E-state index in [1.54, 1.807) is 6.92 Å². The molecule has 2 unspecified atom stereocenters. The SMILES string of the molecule is CC(=O)N1CC(NC(=O)C2(C)CCCC2)C(C2CC2)C1. The van der Waals surface area contributed by atoms with Crippen molar-refractivity contribution in [1.82, 2.24) is 10.2 Å². The Balaban J connectivity index is 1.65. The van der Waals surface area contributed by atoms with Crippen molar-refractivity contribution in [2.45, 2.75) is 58.4 Å². The Bertz CT molecular complexity index is 411. The molecule has 0 aromatic carbocycles. The predicted octanol–water partition coefficient (Wildman–Crippen LogP) is 1.94. The van der Waals surface area contributed by atoms with Gasteiger partial charge in [0.15, 0.2) is 0 Å². The number of nitrogens with zero attached hydrogens (tertiary/aromatic N) is 1. The third-order valence-corrected chi connectivity index (χ3v) is 5.61. The average molecular weight is 278 g/mol. The Morgan fingerprint density at radius 2 is 1.80 bits per heavy atom. The van der Waals surface area contributed by atoms with Crippen LogP contribution >= 0.6 is 0 Å². The van der Waals surface area contributed by atoms with E-state index in [9.17, 15) is 9.59 Å². The minimum Gasteiger partial charge on any atom is -0.351 e. The number of carbonyl (C=O) groups excluding carboxylic acids is 2. The molecule has 3 rings (SSSR count). The Labute approximate surface area is 121 Å². The third kappa shape index (κ3) is 2.57. The quantitative estimate of drug-likeness (QED) is 0.857. The predicted molar refractivity (Wildman–Crippen MR) is 77.0 cm³/mol. The van der Waals surface area contributed by atoms with Crippen molar-refractivity contribution in [3.63, 3.8) is 0 Å². The van der Waals surface area contributed by atoms with Crippen molar-refractivity contribution in [3.8, 4) is 0 Å². The highest BCUT2D eigenvalue weighted by atomic mass is 16.2. The lowest BCUT2D eigenvalue weighted by atomic mass is 9.86. The van der Waals surface area contributed by atoms with Crippen molar-refractivity contribution in [2.24, 2.45) is 17.3 Å². The summed E-state index contributed by atoms with van der Waals surface area (Å²) in [5, 5.41) is 3.28. The molecule has 0 aromatic heterocycles. The fraction of sp³-hybridized carbons (Fsp3) is 0.875. The van der Waals surface area contributed by atoms with Crippen LogP contribution in [0, 0.1) is 17.3 Å². The zero-order valence-electron chi connectivity index (χ0n) is 12.7. The van der Waals surface area contributed by atoms with Crippen LogP contribution < -0.4 is 5.32 Å². The number of rotatable bonds is 3. The zero-order chi connectivity index (χ0) is 14.3. The monoisotopic (exact) mass is 278 g/mol.